The summed E-state index contributed by atoms with van der Waals surface area (Å²) in [6, 6.07) is 12.0. The third-order valence-electron chi connectivity index (χ3n) is 4.59. The standard InChI is InChI=1S/C20H21N3O2S/c1-3-11-23-19(13-7-9-14(10-8-13)25-4-2)16-17(15-6-5-12-26-15)21-22-18(16)20(23)24/h5-10,12,19H,3-4,11H2,1-2H3,(H,21,22). The van der Waals surface area contributed by atoms with Gasteiger partial charge in [-0.05, 0) is 42.5 Å². The first-order valence-corrected chi connectivity index (χ1v) is 9.78. The molecular weight excluding hydrogens is 346 g/mol. The Morgan fingerprint density at radius 3 is 2.69 bits per heavy atom. The highest BCUT2D eigenvalue weighted by atomic mass is 32.1. The number of hydrogen-bond acceptors (Lipinski definition) is 4. The number of H-pyrrole nitrogens is 1. The molecule has 0 saturated carbocycles. The Bertz CT molecular complexity index is 900. The molecule has 0 aliphatic carbocycles. The molecule has 0 radical (unpaired) electrons. The van der Waals surface area contributed by atoms with E-state index in [2.05, 4.69) is 23.2 Å². The summed E-state index contributed by atoms with van der Waals surface area (Å²) in [5, 5.41) is 9.48. The van der Waals surface area contributed by atoms with Crippen LogP contribution < -0.4 is 4.74 Å². The van der Waals surface area contributed by atoms with Crippen LogP contribution in [0.4, 0.5) is 0 Å². The lowest BCUT2D eigenvalue weighted by Crippen LogP contribution is -2.30. The lowest BCUT2D eigenvalue weighted by Gasteiger charge is -2.26. The smallest absolute Gasteiger partial charge is 0.275 e. The fourth-order valence-corrected chi connectivity index (χ4v) is 4.26. The Labute approximate surface area is 156 Å². The van der Waals surface area contributed by atoms with Crippen LogP contribution in [0.2, 0.25) is 0 Å². The number of aromatic amines is 1. The van der Waals surface area contributed by atoms with E-state index in [1.807, 2.05) is 47.5 Å². The van der Waals surface area contributed by atoms with Gasteiger partial charge >= 0.3 is 0 Å². The largest absolute Gasteiger partial charge is 0.494 e. The topological polar surface area (TPSA) is 58.2 Å². The summed E-state index contributed by atoms with van der Waals surface area (Å²) in [6.07, 6.45) is 0.904. The maximum Gasteiger partial charge on any atom is 0.275 e. The van der Waals surface area contributed by atoms with Crippen molar-refractivity contribution in [3.63, 3.8) is 0 Å². The van der Waals surface area contributed by atoms with E-state index < -0.39 is 0 Å². The van der Waals surface area contributed by atoms with Crippen LogP contribution in [0, 0.1) is 0 Å². The van der Waals surface area contributed by atoms with Crippen molar-refractivity contribution in [2.45, 2.75) is 26.3 Å². The molecule has 3 aromatic rings. The highest BCUT2D eigenvalue weighted by Gasteiger charge is 2.42. The lowest BCUT2D eigenvalue weighted by atomic mass is 9.98. The molecule has 26 heavy (non-hydrogen) atoms. The molecule has 1 aromatic carbocycles. The zero-order chi connectivity index (χ0) is 18.1. The first-order chi connectivity index (χ1) is 12.7. The Morgan fingerprint density at radius 1 is 1.23 bits per heavy atom. The average molecular weight is 367 g/mol. The molecule has 134 valence electrons. The van der Waals surface area contributed by atoms with Crippen LogP contribution in [-0.4, -0.2) is 34.2 Å². The highest BCUT2D eigenvalue weighted by Crippen LogP contribution is 2.43. The van der Waals surface area contributed by atoms with Crippen molar-refractivity contribution in [2.24, 2.45) is 0 Å². The second kappa shape index (κ2) is 6.96. The third kappa shape index (κ3) is 2.70. The van der Waals surface area contributed by atoms with Crippen LogP contribution in [0.3, 0.4) is 0 Å². The zero-order valence-corrected chi connectivity index (χ0v) is 15.7. The van der Waals surface area contributed by atoms with Gasteiger partial charge in [-0.1, -0.05) is 25.1 Å². The molecule has 6 heteroatoms. The Balaban J connectivity index is 1.81. The molecule has 1 aliphatic heterocycles. The number of fused-ring (bicyclic) bond motifs is 1. The minimum absolute atomic E-state index is 0.000194. The quantitative estimate of drug-likeness (QED) is 0.698. The molecule has 1 aliphatic rings. The Morgan fingerprint density at radius 2 is 2.04 bits per heavy atom. The van der Waals surface area contributed by atoms with Crippen molar-refractivity contribution >= 4 is 17.2 Å². The number of carbonyl (C=O) groups excluding carboxylic acids is 1. The number of nitrogens with one attached hydrogen (secondary N) is 1. The van der Waals surface area contributed by atoms with Gasteiger partial charge < -0.3 is 9.64 Å². The van der Waals surface area contributed by atoms with Crippen LogP contribution >= 0.6 is 11.3 Å². The molecule has 1 amide bonds. The molecule has 1 N–H and O–H groups in total. The van der Waals surface area contributed by atoms with E-state index in [1.165, 1.54) is 0 Å². The number of benzene rings is 1. The second-order valence-electron chi connectivity index (χ2n) is 6.24. The fourth-order valence-electron chi connectivity index (χ4n) is 3.53. The van der Waals surface area contributed by atoms with Crippen LogP contribution in [0.15, 0.2) is 41.8 Å². The zero-order valence-electron chi connectivity index (χ0n) is 14.9. The molecule has 4 rings (SSSR count). The summed E-state index contributed by atoms with van der Waals surface area (Å²) in [6.45, 7) is 5.40. The molecule has 0 bridgehead atoms. The van der Waals surface area contributed by atoms with Crippen LogP contribution in [-0.2, 0) is 0 Å². The van der Waals surface area contributed by atoms with Gasteiger partial charge in [0.2, 0.25) is 0 Å². The van der Waals surface area contributed by atoms with E-state index in [-0.39, 0.29) is 11.9 Å². The summed E-state index contributed by atoms with van der Waals surface area (Å²) in [5.74, 6) is 0.841. The monoisotopic (exact) mass is 367 g/mol. The van der Waals surface area contributed by atoms with Gasteiger partial charge in [0.25, 0.3) is 5.91 Å². The summed E-state index contributed by atoms with van der Waals surface area (Å²) in [4.78, 5) is 16.0. The first-order valence-electron chi connectivity index (χ1n) is 8.90. The van der Waals surface area contributed by atoms with E-state index in [0.717, 1.165) is 33.9 Å². The van der Waals surface area contributed by atoms with E-state index in [0.29, 0.717) is 18.8 Å². The normalized spacial score (nSPS) is 16.2. The Hall–Kier alpha value is -2.60. The number of hydrogen-bond donors (Lipinski definition) is 1. The number of thiophene rings is 1. The maximum absolute atomic E-state index is 12.9. The molecule has 3 heterocycles. The number of carbonyl (C=O) groups is 1. The molecule has 0 spiro atoms. The van der Waals surface area contributed by atoms with Gasteiger partial charge in [0.15, 0.2) is 5.69 Å². The summed E-state index contributed by atoms with van der Waals surface area (Å²) in [5.41, 5.74) is 3.55. The third-order valence-corrected chi connectivity index (χ3v) is 5.48. The van der Waals surface area contributed by atoms with Gasteiger partial charge in [-0.3, -0.25) is 9.89 Å². The fraction of sp³-hybridized carbons (Fsp3) is 0.300. The van der Waals surface area contributed by atoms with Gasteiger partial charge in [-0.15, -0.1) is 11.3 Å². The van der Waals surface area contributed by atoms with Crippen molar-refractivity contribution in [3.05, 3.63) is 58.6 Å². The Kier molecular flexibility index (Phi) is 4.51. The molecule has 0 saturated heterocycles. The number of aromatic nitrogens is 2. The van der Waals surface area contributed by atoms with Crippen molar-refractivity contribution in [3.8, 4) is 16.3 Å². The highest BCUT2D eigenvalue weighted by molar-refractivity contribution is 7.13. The number of ether oxygens (including phenoxy) is 1. The van der Waals surface area contributed by atoms with Crippen molar-refractivity contribution < 1.29 is 9.53 Å². The predicted octanol–water partition coefficient (Wildman–Crippen LogP) is 4.49. The van der Waals surface area contributed by atoms with Crippen LogP contribution in [0.1, 0.15) is 47.9 Å². The summed E-state index contributed by atoms with van der Waals surface area (Å²) >= 11 is 1.65. The lowest BCUT2D eigenvalue weighted by molar-refractivity contribution is 0.0744. The second-order valence-corrected chi connectivity index (χ2v) is 7.19. The molecular formula is C20H21N3O2S. The SMILES string of the molecule is CCCN1C(=O)c2n[nH]c(-c3cccs3)c2C1c1ccc(OCC)cc1. The minimum atomic E-state index is -0.121. The molecule has 0 fully saturated rings. The van der Waals surface area contributed by atoms with Gasteiger partial charge in [-0.25, -0.2) is 0 Å². The number of amides is 1. The van der Waals surface area contributed by atoms with Gasteiger partial charge in [-0.2, -0.15) is 5.10 Å². The van der Waals surface area contributed by atoms with E-state index in [9.17, 15) is 4.79 Å². The minimum Gasteiger partial charge on any atom is -0.494 e. The van der Waals surface area contributed by atoms with E-state index in [4.69, 9.17) is 4.74 Å². The van der Waals surface area contributed by atoms with Crippen LogP contribution in [0.25, 0.3) is 10.6 Å². The van der Waals surface area contributed by atoms with E-state index >= 15 is 0 Å². The summed E-state index contributed by atoms with van der Waals surface area (Å²) in [7, 11) is 0. The first kappa shape index (κ1) is 16.8. The van der Waals surface area contributed by atoms with Crippen molar-refractivity contribution in [1.82, 2.24) is 15.1 Å². The number of nitrogens with zero attached hydrogens (tertiary/aromatic N) is 2. The van der Waals surface area contributed by atoms with Gasteiger partial charge in [0.1, 0.15) is 5.75 Å². The van der Waals surface area contributed by atoms with E-state index in [1.54, 1.807) is 11.3 Å². The average Bonchev–Trinajstić information content (AvgIpc) is 3.36. The molecule has 1 unspecified atom stereocenters. The number of rotatable bonds is 6. The maximum atomic E-state index is 12.9. The van der Waals surface area contributed by atoms with Crippen molar-refractivity contribution in [2.75, 3.05) is 13.2 Å². The predicted molar refractivity (Wildman–Crippen MR) is 103 cm³/mol. The van der Waals surface area contributed by atoms with Gasteiger partial charge in [0.05, 0.1) is 23.2 Å². The molecule has 2 aromatic heterocycles. The molecule has 5 nitrogen and oxygen atoms in total. The van der Waals surface area contributed by atoms with Crippen molar-refractivity contribution in [1.29, 1.82) is 0 Å². The van der Waals surface area contributed by atoms with Crippen LogP contribution in [0.5, 0.6) is 5.75 Å². The molecule has 1 atom stereocenters. The summed E-state index contributed by atoms with van der Waals surface area (Å²) < 4.78 is 5.56. The van der Waals surface area contributed by atoms with Gasteiger partial charge in [0, 0.05) is 12.1 Å².